The van der Waals surface area contributed by atoms with E-state index in [0.29, 0.717) is 25.8 Å². The summed E-state index contributed by atoms with van der Waals surface area (Å²) >= 11 is 0. The van der Waals surface area contributed by atoms with Crippen LogP contribution in [0.1, 0.15) is 65.2 Å². The first-order valence-corrected chi connectivity index (χ1v) is 10.8. The van der Waals surface area contributed by atoms with Gasteiger partial charge in [0.1, 0.15) is 12.1 Å². The van der Waals surface area contributed by atoms with Crippen molar-refractivity contribution in [1.82, 2.24) is 15.5 Å². The van der Waals surface area contributed by atoms with Crippen LogP contribution < -0.4 is 16.4 Å². The molecule has 2 rings (SSSR count). The molecule has 0 aromatic rings. The molecular formula is C19H35BN4O5. The van der Waals surface area contributed by atoms with Gasteiger partial charge in [0.2, 0.25) is 17.7 Å². The van der Waals surface area contributed by atoms with Gasteiger partial charge in [-0.05, 0) is 44.9 Å². The highest BCUT2D eigenvalue weighted by Crippen LogP contribution is 2.25. The average Bonchev–Trinajstić information content (AvgIpc) is 3.21. The van der Waals surface area contributed by atoms with Crippen LogP contribution in [-0.4, -0.2) is 70.4 Å². The first kappa shape index (κ1) is 23.6. The van der Waals surface area contributed by atoms with Crippen LogP contribution in [0, 0.1) is 5.92 Å². The third-order valence-corrected chi connectivity index (χ3v) is 6.16. The number of nitrogens with zero attached hydrogens (tertiary/aromatic N) is 1. The highest BCUT2D eigenvalue weighted by molar-refractivity contribution is 6.43. The molecule has 1 heterocycles. The molecule has 0 aromatic heterocycles. The molecule has 2 aliphatic rings. The summed E-state index contributed by atoms with van der Waals surface area (Å²) in [5.41, 5.74) is 6.09. The van der Waals surface area contributed by atoms with Gasteiger partial charge in [-0.15, -0.1) is 0 Å². The second-order valence-electron chi connectivity index (χ2n) is 8.28. The van der Waals surface area contributed by atoms with E-state index >= 15 is 0 Å². The zero-order chi connectivity index (χ0) is 21.6. The Morgan fingerprint density at radius 3 is 2.31 bits per heavy atom. The number of rotatable bonds is 8. The van der Waals surface area contributed by atoms with E-state index in [1.165, 1.54) is 11.3 Å². The third-order valence-electron chi connectivity index (χ3n) is 6.16. The summed E-state index contributed by atoms with van der Waals surface area (Å²) in [6.45, 7) is 3.76. The fourth-order valence-electron chi connectivity index (χ4n) is 4.29. The van der Waals surface area contributed by atoms with Gasteiger partial charge in [-0.3, -0.25) is 14.4 Å². The van der Waals surface area contributed by atoms with E-state index in [-0.39, 0.29) is 17.7 Å². The van der Waals surface area contributed by atoms with Gasteiger partial charge < -0.3 is 31.3 Å². The quantitative estimate of drug-likeness (QED) is 0.335. The van der Waals surface area contributed by atoms with Crippen molar-refractivity contribution in [1.29, 1.82) is 0 Å². The lowest BCUT2D eigenvalue weighted by Gasteiger charge is -2.30. The molecule has 0 spiro atoms. The largest absolute Gasteiger partial charge is 0.475 e. The van der Waals surface area contributed by atoms with Crippen molar-refractivity contribution >= 4 is 24.8 Å². The summed E-state index contributed by atoms with van der Waals surface area (Å²) in [6.07, 6.45) is 6.72. The van der Waals surface area contributed by atoms with Gasteiger partial charge >= 0.3 is 7.12 Å². The summed E-state index contributed by atoms with van der Waals surface area (Å²) in [5.74, 6) is -1.66. The first-order valence-electron chi connectivity index (χ1n) is 10.8. The number of hydrogen-bond acceptors (Lipinski definition) is 6. The maximum absolute atomic E-state index is 12.8. The van der Waals surface area contributed by atoms with Gasteiger partial charge in [-0.25, -0.2) is 0 Å². The number of hydrogen-bond donors (Lipinski definition) is 5. The second-order valence-corrected chi connectivity index (χ2v) is 8.28. The summed E-state index contributed by atoms with van der Waals surface area (Å²) < 4.78 is 0. The normalized spacial score (nSPS) is 23.2. The predicted molar refractivity (Wildman–Crippen MR) is 109 cm³/mol. The van der Waals surface area contributed by atoms with E-state index in [1.54, 1.807) is 13.8 Å². The van der Waals surface area contributed by atoms with Gasteiger partial charge in [-0.2, -0.15) is 0 Å². The standard InChI is InChI=1S/C19H35BN4O5/c1-3-14(19(27)24-11-7-10-15(24)20(28)29)23-17(25)12(2)22-18(26)16(21)13-8-5-4-6-9-13/h12-16,28-29H,3-11,21H2,1-2H3,(H,22,26)(H,23,25)/t12-,14?,15-,16?/m0/s1. The molecule has 6 N–H and O–H groups in total. The van der Waals surface area contributed by atoms with E-state index in [2.05, 4.69) is 10.6 Å². The smallest absolute Gasteiger partial charge is 0.426 e. The predicted octanol–water partition coefficient (Wildman–Crippen LogP) is -0.703. The lowest BCUT2D eigenvalue weighted by Crippen LogP contribution is -2.57. The molecule has 4 atom stereocenters. The molecule has 10 heteroatoms. The summed E-state index contributed by atoms with van der Waals surface area (Å²) in [5, 5.41) is 24.3. The maximum Gasteiger partial charge on any atom is 0.475 e. The first-order chi connectivity index (χ1) is 13.8. The van der Waals surface area contributed by atoms with E-state index < -0.39 is 37.1 Å². The van der Waals surface area contributed by atoms with Crippen LogP contribution in [0.2, 0.25) is 0 Å². The molecule has 3 amide bonds. The molecule has 9 nitrogen and oxygen atoms in total. The van der Waals surface area contributed by atoms with Gasteiger partial charge in [0.05, 0.1) is 12.0 Å². The molecule has 1 aliphatic carbocycles. The number of carbonyl (C=O) groups excluding carboxylic acids is 3. The molecule has 2 fully saturated rings. The van der Waals surface area contributed by atoms with E-state index in [4.69, 9.17) is 5.73 Å². The minimum Gasteiger partial charge on any atom is -0.426 e. The third kappa shape index (κ3) is 6.17. The molecule has 0 bridgehead atoms. The highest BCUT2D eigenvalue weighted by atomic mass is 16.4. The lowest BCUT2D eigenvalue weighted by atomic mass is 9.77. The Bertz CT molecular complexity index is 585. The molecule has 1 saturated carbocycles. The number of likely N-dealkylation sites (tertiary alicyclic amines) is 1. The van der Waals surface area contributed by atoms with E-state index in [9.17, 15) is 24.4 Å². The van der Waals surface area contributed by atoms with Crippen LogP contribution in [0.25, 0.3) is 0 Å². The molecule has 164 valence electrons. The number of nitrogens with one attached hydrogen (secondary N) is 2. The topological polar surface area (TPSA) is 145 Å². The number of amides is 3. The average molecular weight is 410 g/mol. The van der Waals surface area contributed by atoms with E-state index in [0.717, 1.165) is 25.7 Å². The summed E-state index contributed by atoms with van der Waals surface area (Å²) in [4.78, 5) is 39.2. The molecule has 29 heavy (non-hydrogen) atoms. The summed E-state index contributed by atoms with van der Waals surface area (Å²) in [6, 6.07) is -2.24. The van der Waals surface area contributed by atoms with Crippen LogP contribution in [0.15, 0.2) is 0 Å². The minimum absolute atomic E-state index is 0.140. The van der Waals surface area contributed by atoms with Gasteiger partial charge in [0.25, 0.3) is 0 Å². The van der Waals surface area contributed by atoms with Crippen LogP contribution in [0.3, 0.4) is 0 Å². The van der Waals surface area contributed by atoms with Crippen molar-refractivity contribution in [3.8, 4) is 0 Å². The second kappa shape index (κ2) is 10.9. The van der Waals surface area contributed by atoms with Crippen molar-refractivity contribution in [3.63, 3.8) is 0 Å². The highest BCUT2D eigenvalue weighted by Gasteiger charge is 2.39. The number of nitrogens with two attached hydrogens (primary N) is 1. The van der Waals surface area contributed by atoms with Gasteiger partial charge in [0.15, 0.2) is 0 Å². The van der Waals surface area contributed by atoms with Crippen molar-refractivity contribution < 1.29 is 24.4 Å². The molecule has 1 aliphatic heterocycles. The van der Waals surface area contributed by atoms with Gasteiger partial charge in [-0.1, -0.05) is 26.2 Å². The van der Waals surface area contributed by atoms with Crippen LogP contribution in [0.5, 0.6) is 0 Å². The van der Waals surface area contributed by atoms with Gasteiger partial charge in [0, 0.05) is 6.54 Å². The number of carbonyl (C=O) groups is 3. The van der Waals surface area contributed by atoms with Crippen molar-refractivity contribution in [2.75, 3.05) is 6.54 Å². The van der Waals surface area contributed by atoms with Crippen LogP contribution in [-0.2, 0) is 14.4 Å². The Balaban J connectivity index is 1.89. The van der Waals surface area contributed by atoms with Crippen molar-refractivity contribution in [2.24, 2.45) is 11.7 Å². The Labute approximate surface area is 172 Å². The SMILES string of the molecule is CCC(NC(=O)[C@H](C)NC(=O)C(N)C1CCCCC1)C(=O)N1CCC[C@H]1B(O)O. The molecular weight excluding hydrogens is 375 g/mol. The molecule has 0 aromatic carbocycles. The summed E-state index contributed by atoms with van der Waals surface area (Å²) in [7, 11) is -1.60. The minimum atomic E-state index is -1.60. The van der Waals surface area contributed by atoms with Crippen LogP contribution >= 0.6 is 0 Å². The van der Waals surface area contributed by atoms with Crippen LogP contribution in [0.4, 0.5) is 0 Å². The molecule has 0 radical (unpaired) electrons. The maximum atomic E-state index is 12.8. The molecule has 2 unspecified atom stereocenters. The monoisotopic (exact) mass is 410 g/mol. The zero-order valence-corrected chi connectivity index (χ0v) is 17.5. The Kier molecular flexibility index (Phi) is 8.91. The fraction of sp³-hybridized carbons (Fsp3) is 0.842. The molecule has 1 saturated heterocycles. The Morgan fingerprint density at radius 1 is 1.07 bits per heavy atom. The van der Waals surface area contributed by atoms with E-state index in [1.807, 2.05) is 0 Å². The zero-order valence-electron chi connectivity index (χ0n) is 17.5. The van der Waals surface area contributed by atoms with Crippen molar-refractivity contribution in [2.45, 2.75) is 89.3 Å². The lowest BCUT2D eigenvalue weighted by molar-refractivity contribution is -0.137. The fourth-order valence-corrected chi connectivity index (χ4v) is 4.29. The van der Waals surface area contributed by atoms with Crippen molar-refractivity contribution in [3.05, 3.63) is 0 Å². The Morgan fingerprint density at radius 2 is 1.72 bits per heavy atom. The Hall–Kier alpha value is -1.65.